The second kappa shape index (κ2) is 9.51. The van der Waals surface area contributed by atoms with Crippen LogP contribution in [0.25, 0.3) is 10.8 Å². The van der Waals surface area contributed by atoms with Gasteiger partial charge in [-0.2, -0.15) is 0 Å². The van der Waals surface area contributed by atoms with Crippen molar-refractivity contribution < 1.29 is 9.53 Å². The molecule has 1 amide bonds. The van der Waals surface area contributed by atoms with E-state index in [0.717, 1.165) is 32.9 Å². The highest BCUT2D eigenvalue weighted by atomic mass is 35.5. The highest BCUT2D eigenvalue weighted by molar-refractivity contribution is 7.99. The van der Waals surface area contributed by atoms with Gasteiger partial charge in [-0.1, -0.05) is 66.2 Å². The monoisotopic (exact) mass is 385 g/mol. The first kappa shape index (κ1) is 18.6. The van der Waals surface area contributed by atoms with Crippen molar-refractivity contribution in [2.75, 3.05) is 18.9 Å². The molecule has 0 aromatic heterocycles. The van der Waals surface area contributed by atoms with Crippen molar-refractivity contribution in [3.05, 3.63) is 77.3 Å². The molecule has 0 aliphatic heterocycles. The fourth-order valence-corrected chi connectivity index (χ4v) is 3.74. The van der Waals surface area contributed by atoms with E-state index in [4.69, 9.17) is 16.3 Å². The quantitative estimate of drug-likeness (QED) is 0.559. The summed E-state index contributed by atoms with van der Waals surface area (Å²) in [6, 6.07) is 21.8. The van der Waals surface area contributed by atoms with Crippen molar-refractivity contribution in [2.24, 2.45) is 0 Å². The molecule has 0 radical (unpaired) electrons. The molecule has 0 heterocycles. The number of fused-ring (bicyclic) bond motifs is 1. The standard InChI is InChI=1S/C21H20ClNO2S/c22-19-10-4-2-7-17(19)14-26-15-21(24)23-12-13-25-20-11-5-8-16-6-1-3-9-18(16)20/h1-11H,12-15H2,(H,23,24). The Balaban J connectivity index is 1.38. The van der Waals surface area contributed by atoms with E-state index in [-0.39, 0.29) is 5.91 Å². The van der Waals surface area contributed by atoms with Crippen LogP contribution in [0.5, 0.6) is 5.75 Å². The molecule has 0 atom stereocenters. The number of carbonyl (C=O) groups excluding carboxylic acids is 1. The van der Waals surface area contributed by atoms with E-state index in [2.05, 4.69) is 17.4 Å². The zero-order valence-corrected chi connectivity index (χ0v) is 15.9. The fourth-order valence-electron chi connectivity index (χ4n) is 2.59. The van der Waals surface area contributed by atoms with Crippen molar-refractivity contribution in [3.8, 4) is 5.75 Å². The number of rotatable bonds is 8. The largest absolute Gasteiger partial charge is 0.491 e. The number of ether oxygens (including phenoxy) is 1. The first-order valence-corrected chi connectivity index (χ1v) is 9.96. The molecule has 0 saturated carbocycles. The van der Waals surface area contributed by atoms with Crippen LogP contribution in [0.4, 0.5) is 0 Å². The summed E-state index contributed by atoms with van der Waals surface area (Å²) in [7, 11) is 0. The van der Waals surface area contributed by atoms with Gasteiger partial charge in [-0.3, -0.25) is 4.79 Å². The fraction of sp³-hybridized carbons (Fsp3) is 0.190. The molecule has 26 heavy (non-hydrogen) atoms. The Bertz CT molecular complexity index is 879. The van der Waals surface area contributed by atoms with E-state index in [1.54, 1.807) is 11.8 Å². The maximum absolute atomic E-state index is 11.9. The van der Waals surface area contributed by atoms with Crippen molar-refractivity contribution in [1.82, 2.24) is 5.32 Å². The molecule has 134 valence electrons. The minimum atomic E-state index is 0.00331. The number of nitrogens with one attached hydrogen (secondary N) is 1. The lowest BCUT2D eigenvalue weighted by Gasteiger charge is -2.10. The predicted molar refractivity (Wildman–Crippen MR) is 110 cm³/mol. The Morgan fingerprint density at radius 1 is 1.00 bits per heavy atom. The molecule has 1 N–H and O–H groups in total. The van der Waals surface area contributed by atoms with Gasteiger partial charge in [0.05, 0.1) is 12.3 Å². The van der Waals surface area contributed by atoms with E-state index in [1.807, 2.05) is 54.6 Å². The zero-order chi connectivity index (χ0) is 18.2. The van der Waals surface area contributed by atoms with Gasteiger partial charge in [0.1, 0.15) is 12.4 Å². The lowest BCUT2D eigenvalue weighted by Crippen LogP contribution is -2.29. The van der Waals surface area contributed by atoms with Crippen molar-refractivity contribution in [1.29, 1.82) is 0 Å². The number of halogens is 1. The van der Waals surface area contributed by atoms with Gasteiger partial charge in [0.25, 0.3) is 0 Å². The molecule has 0 fully saturated rings. The van der Waals surface area contributed by atoms with Crippen molar-refractivity contribution in [3.63, 3.8) is 0 Å². The Labute approximate surface area is 162 Å². The van der Waals surface area contributed by atoms with Gasteiger partial charge in [0.15, 0.2) is 0 Å². The Morgan fingerprint density at radius 3 is 2.65 bits per heavy atom. The first-order chi connectivity index (χ1) is 12.7. The van der Waals surface area contributed by atoms with Crippen molar-refractivity contribution in [2.45, 2.75) is 5.75 Å². The number of hydrogen-bond donors (Lipinski definition) is 1. The van der Waals surface area contributed by atoms with Gasteiger partial charge in [-0.25, -0.2) is 0 Å². The molecule has 0 unspecified atom stereocenters. The summed E-state index contributed by atoms with van der Waals surface area (Å²) in [6.45, 7) is 0.920. The summed E-state index contributed by atoms with van der Waals surface area (Å²) in [5.41, 5.74) is 1.05. The summed E-state index contributed by atoms with van der Waals surface area (Å²) in [4.78, 5) is 11.9. The number of hydrogen-bond acceptors (Lipinski definition) is 3. The minimum absolute atomic E-state index is 0.00331. The Hall–Kier alpha value is -2.17. The van der Waals surface area contributed by atoms with Gasteiger partial charge in [-0.15, -0.1) is 11.8 Å². The summed E-state index contributed by atoms with van der Waals surface area (Å²) in [5.74, 6) is 1.97. The number of benzene rings is 3. The minimum Gasteiger partial charge on any atom is -0.491 e. The smallest absolute Gasteiger partial charge is 0.230 e. The van der Waals surface area contributed by atoms with Crippen LogP contribution in [0.2, 0.25) is 5.02 Å². The van der Waals surface area contributed by atoms with Crippen LogP contribution in [-0.4, -0.2) is 24.8 Å². The van der Waals surface area contributed by atoms with Crippen LogP contribution in [0, 0.1) is 0 Å². The topological polar surface area (TPSA) is 38.3 Å². The van der Waals surface area contributed by atoms with Crippen LogP contribution in [0.15, 0.2) is 66.7 Å². The van der Waals surface area contributed by atoms with Crippen LogP contribution in [-0.2, 0) is 10.5 Å². The van der Waals surface area contributed by atoms with Crippen LogP contribution in [0.1, 0.15) is 5.56 Å². The number of carbonyl (C=O) groups is 1. The molecule has 3 aromatic carbocycles. The summed E-state index contributed by atoms with van der Waals surface area (Å²) in [6.07, 6.45) is 0. The van der Waals surface area contributed by atoms with Gasteiger partial charge in [-0.05, 0) is 23.1 Å². The SMILES string of the molecule is O=C(CSCc1ccccc1Cl)NCCOc1cccc2ccccc12. The molecular formula is C21H20ClNO2S. The molecule has 0 aliphatic carbocycles. The second-order valence-electron chi connectivity index (χ2n) is 5.76. The first-order valence-electron chi connectivity index (χ1n) is 8.42. The van der Waals surface area contributed by atoms with Gasteiger partial charge in [0.2, 0.25) is 5.91 Å². The number of thioether (sulfide) groups is 1. The molecular weight excluding hydrogens is 366 g/mol. The summed E-state index contributed by atoms with van der Waals surface area (Å²) < 4.78 is 5.82. The average molecular weight is 386 g/mol. The highest BCUT2D eigenvalue weighted by Crippen LogP contribution is 2.25. The molecule has 0 bridgehead atoms. The van der Waals surface area contributed by atoms with E-state index in [0.29, 0.717) is 18.9 Å². The van der Waals surface area contributed by atoms with Crippen LogP contribution < -0.4 is 10.1 Å². The molecule has 3 nitrogen and oxygen atoms in total. The van der Waals surface area contributed by atoms with E-state index in [1.165, 1.54) is 0 Å². The maximum atomic E-state index is 11.9. The normalized spacial score (nSPS) is 10.7. The van der Waals surface area contributed by atoms with E-state index in [9.17, 15) is 4.79 Å². The third-order valence-corrected chi connectivity index (χ3v) is 5.23. The van der Waals surface area contributed by atoms with Crippen molar-refractivity contribution >= 4 is 40.0 Å². The molecule has 0 saturated heterocycles. The zero-order valence-electron chi connectivity index (χ0n) is 14.3. The lowest BCUT2D eigenvalue weighted by molar-refractivity contribution is -0.118. The Kier molecular flexibility index (Phi) is 6.81. The summed E-state index contributed by atoms with van der Waals surface area (Å²) >= 11 is 7.66. The maximum Gasteiger partial charge on any atom is 0.230 e. The van der Waals surface area contributed by atoms with Gasteiger partial charge in [0, 0.05) is 16.2 Å². The second-order valence-corrected chi connectivity index (χ2v) is 7.15. The van der Waals surface area contributed by atoms with E-state index >= 15 is 0 Å². The van der Waals surface area contributed by atoms with Gasteiger partial charge >= 0.3 is 0 Å². The summed E-state index contributed by atoms with van der Waals surface area (Å²) in [5, 5.41) is 5.85. The number of amides is 1. The molecule has 0 spiro atoms. The van der Waals surface area contributed by atoms with Crippen LogP contribution in [0.3, 0.4) is 0 Å². The Morgan fingerprint density at radius 2 is 1.77 bits per heavy atom. The average Bonchev–Trinajstić information content (AvgIpc) is 2.67. The molecule has 3 aromatic rings. The molecule has 0 aliphatic rings. The van der Waals surface area contributed by atoms with Crippen LogP contribution >= 0.6 is 23.4 Å². The lowest BCUT2D eigenvalue weighted by atomic mass is 10.1. The molecule has 5 heteroatoms. The van der Waals surface area contributed by atoms with Gasteiger partial charge < -0.3 is 10.1 Å². The van der Waals surface area contributed by atoms with E-state index < -0.39 is 0 Å². The molecule has 3 rings (SSSR count). The third-order valence-electron chi connectivity index (χ3n) is 3.88. The third kappa shape index (κ3) is 5.16. The highest BCUT2D eigenvalue weighted by Gasteiger charge is 2.05. The predicted octanol–water partition coefficient (Wildman–Crippen LogP) is 4.92.